The Morgan fingerprint density at radius 1 is 1.30 bits per heavy atom. The molecule has 0 saturated heterocycles. The van der Waals surface area contributed by atoms with E-state index in [0.717, 1.165) is 19.3 Å². The third-order valence-electron chi connectivity index (χ3n) is 8.53. The fraction of sp³-hybridized carbons (Fsp3) is 0.760. The minimum atomic E-state index is -1.31. The van der Waals surface area contributed by atoms with Crippen molar-refractivity contribution < 1.29 is 24.5 Å². The second-order valence-electron chi connectivity index (χ2n) is 10.7. The van der Waals surface area contributed by atoms with Crippen molar-refractivity contribution in [3.8, 4) is 0 Å². The normalized spacial score (nSPS) is 41.1. The lowest BCUT2D eigenvalue weighted by molar-refractivity contribution is -0.222. The van der Waals surface area contributed by atoms with E-state index in [1.807, 2.05) is 19.9 Å². The van der Waals surface area contributed by atoms with Gasteiger partial charge in [0.15, 0.2) is 0 Å². The molecule has 0 aromatic rings. The number of aliphatic carboxylic acids is 1. The average molecular weight is 419 g/mol. The van der Waals surface area contributed by atoms with Crippen LogP contribution in [0.4, 0.5) is 0 Å². The number of rotatable bonds is 5. The summed E-state index contributed by atoms with van der Waals surface area (Å²) in [4.78, 5) is 25.0. The lowest BCUT2D eigenvalue weighted by Crippen LogP contribution is -2.65. The van der Waals surface area contributed by atoms with Gasteiger partial charge in [-0.25, -0.2) is 0 Å². The number of hydrogen-bond acceptors (Lipinski definition) is 4. The van der Waals surface area contributed by atoms with Crippen LogP contribution in [-0.4, -0.2) is 34.4 Å². The number of carboxylic acid groups (broad SMARTS) is 1. The first-order valence-corrected chi connectivity index (χ1v) is 11.4. The van der Waals surface area contributed by atoms with Crippen LogP contribution in [0.1, 0.15) is 73.1 Å². The predicted octanol–water partition coefficient (Wildman–Crippen LogP) is 4.74. The standard InChI is InChI=1S/C25H38O5/c1-7-16-8-9-18-17(15(16)4)13-19(26)22-24(18,5)11-10-20(25(22,6)23(28)29)30-21(27)12-14(2)3/h7,14,17-20,22,26H,1,8-13H2,2-6H3,(H,28,29)/t17?,18?,19-,20-,22?,24-,25-/m1/s1. The van der Waals surface area contributed by atoms with Crippen LogP contribution in [0.5, 0.6) is 0 Å². The smallest absolute Gasteiger partial charge is 0.313 e. The molecule has 2 N–H and O–H groups in total. The van der Waals surface area contributed by atoms with Crippen molar-refractivity contribution in [3.05, 3.63) is 23.8 Å². The largest absolute Gasteiger partial charge is 0.481 e. The van der Waals surface area contributed by atoms with Crippen LogP contribution in [0.15, 0.2) is 23.8 Å². The number of hydrogen-bond donors (Lipinski definition) is 2. The Kier molecular flexibility index (Phi) is 6.26. The first-order valence-electron chi connectivity index (χ1n) is 11.4. The zero-order valence-corrected chi connectivity index (χ0v) is 19.1. The van der Waals surface area contributed by atoms with Gasteiger partial charge in [0.25, 0.3) is 0 Å². The van der Waals surface area contributed by atoms with Crippen LogP contribution >= 0.6 is 0 Å². The van der Waals surface area contributed by atoms with Crippen LogP contribution in [0.25, 0.3) is 0 Å². The Morgan fingerprint density at radius 2 is 1.97 bits per heavy atom. The van der Waals surface area contributed by atoms with Gasteiger partial charge in [-0.15, -0.1) is 0 Å². The molecule has 7 atom stereocenters. The van der Waals surface area contributed by atoms with Crippen molar-refractivity contribution in [3.63, 3.8) is 0 Å². The number of carboxylic acids is 1. The minimum absolute atomic E-state index is 0.152. The number of allylic oxidation sites excluding steroid dienone is 3. The van der Waals surface area contributed by atoms with Crippen molar-refractivity contribution in [1.29, 1.82) is 0 Å². The quantitative estimate of drug-likeness (QED) is 0.630. The van der Waals surface area contributed by atoms with Gasteiger partial charge in [-0.05, 0) is 74.7 Å². The van der Waals surface area contributed by atoms with E-state index in [4.69, 9.17) is 4.74 Å². The molecule has 0 aromatic heterocycles. The minimum Gasteiger partial charge on any atom is -0.481 e. The van der Waals surface area contributed by atoms with E-state index in [1.165, 1.54) is 11.1 Å². The van der Waals surface area contributed by atoms with E-state index in [0.29, 0.717) is 18.8 Å². The number of carbonyl (C=O) groups is 2. The number of aliphatic hydroxyl groups is 1. The molecule has 0 bridgehead atoms. The fourth-order valence-corrected chi connectivity index (χ4v) is 7.07. The van der Waals surface area contributed by atoms with Gasteiger partial charge in [-0.2, -0.15) is 0 Å². The van der Waals surface area contributed by atoms with Gasteiger partial charge in [0.2, 0.25) is 0 Å². The summed E-state index contributed by atoms with van der Waals surface area (Å²) in [6, 6.07) is 0. The molecule has 0 spiro atoms. The van der Waals surface area contributed by atoms with Gasteiger partial charge >= 0.3 is 11.9 Å². The summed E-state index contributed by atoms with van der Waals surface area (Å²) in [6.45, 7) is 13.8. The molecule has 5 nitrogen and oxygen atoms in total. The number of fused-ring (bicyclic) bond motifs is 3. The first-order chi connectivity index (χ1) is 14.0. The molecule has 3 rings (SSSR count). The molecule has 0 aliphatic heterocycles. The van der Waals surface area contributed by atoms with Crippen molar-refractivity contribution in [2.24, 2.45) is 34.5 Å². The van der Waals surface area contributed by atoms with Crippen molar-refractivity contribution >= 4 is 11.9 Å². The van der Waals surface area contributed by atoms with Crippen LogP contribution in [0, 0.1) is 34.5 Å². The zero-order valence-electron chi connectivity index (χ0n) is 19.1. The second-order valence-corrected chi connectivity index (χ2v) is 10.7. The third-order valence-corrected chi connectivity index (χ3v) is 8.53. The molecule has 0 amide bonds. The Labute approximate surface area is 180 Å². The molecule has 0 heterocycles. The van der Waals surface area contributed by atoms with E-state index >= 15 is 0 Å². The Morgan fingerprint density at radius 3 is 2.53 bits per heavy atom. The highest BCUT2D eigenvalue weighted by Crippen LogP contribution is 2.65. The molecule has 30 heavy (non-hydrogen) atoms. The molecule has 0 aromatic carbocycles. The summed E-state index contributed by atoms with van der Waals surface area (Å²) in [5.41, 5.74) is 0.940. The summed E-state index contributed by atoms with van der Waals surface area (Å²) >= 11 is 0. The molecule has 168 valence electrons. The highest BCUT2D eigenvalue weighted by molar-refractivity contribution is 5.77. The predicted molar refractivity (Wildman–Crippen MR) is 116 cm³/mol. The van der Waals surface area contributed by atoms with E-state index in [2.05, 4.69) is 20.4 Å². The summed E-state index contributed by atoms with van der Waals surface area (Å²) in [6.07, 6.45) is 4.51. The van der Waals surface area contributed by atoms with Gasteiger partial charge in [0.1, 0.15) is 11.5 Å². The Hall–Kier alpha value is -1.62. The lowest BCUT2D eigenvalue weighted by Gasteiger charge is -2.63. The van der Waals surface area contributed by atoms with Crippen molar-refractivity contribution in [1.82, 2.24) is 0 Å². The SMILES string of the molecule is C=CC1=C(C)C2C[C@@H](O)C3[C@](C)(CC[C@@H](OC(=O)CC(C)C)[C@@]3(C)C(=O)O)C2CC1. The summed E-state index contributed by atoms with van der Waals surface area (Å²) < 4.78 is 5.76. The Balaban J connectivity index is 1.98. The van der Waals surface area contributed by atoms with Crippen LogP contribution in [0.3, 0.4) is 0 Å². The van der Waals surface area contributed by atoms with Crippen LogP contribution < -0.4 is 0 Å². The molecule has 2 fully saturated rings. The van der Waals surface area contributed by atoms with Gasteiger partial charge < -0.3 is 14.9 Å². The first kappa shape index (κ1) is 23.1. The van der Waals surface area contributed by atoms with Crippen molar-refractivity contribution in [2.45, 2.75) is 85.4 Å². The molecular formula is C25H38O5. The van der Waals surface area contributed by atoms with Gasteiger partial charge in [0, 0.05) is 12.3 Å². The number of carbonyl (C=O) groups excluding carboxylic acids is 1. The highest BCUT2D eigenvalue weighted by atomic mass is 16.5. The number of esters is 1. The van der Waals surface area contributed by atoms with Crippen LogP contribution in [0.2, 0.25) is 0 Å². The molecule has 3 unspecified atom stereocenters. The molecule has 3 aliphatic carbocycles. The molecule has 0 radical (unpaired) electrons. The second kappa shape index (κ2) is 8.14. The fourth-order valence-electron chi connectivity index (χ4n) is 7.07. The average Bonchev–Trinajstić information content (AvgIpc) is 2.64. The van der Waals surface area contributed by atoms with E-state index in [1.54, 1.807) is 6.92 Å². The number of aliphatic hydroxyl groups excluding tert-OH is 1. The molecular weight excluding hydrogens is 380 g/mol. The third kappa shape index (κ3) is 3.53. The maximum absolute atomic E-state index is 12.6. The molecule has 3 aliphatic rings. The maximum Gasteiger partial charge on any atom is 0.313 e. The maximum atomic E-state index is 12.6. The summed E-state index contributed by atoms with van der Waals surface area (Å²) in [7, 11) is 0. The topological polar surface area (TPSA) is 83.8 Å². The van der Waals surface area contributed by atoms with Crippen molar-refractivity contribution in [2.75, 3.05) is 0 Å². The zero-order chi connectivity index (χ0) is 22.4. The van der Waals surface area contributed by atoms with E-state index in [9.17, 15) is 19.8 Å². The molecule has 5 heteroatoms. The van der Waals surface area contributed by atoms with Crippen LogP contribution in [-0.2, 0) is 14.3 Å². The highest BCUT2D eigenvalue weighted by Gasteiger charge is 2.66. The van der Waals surface area contributed by atoms with E-state index < -0.39 is 29.5 Å². The van der Waals surface area contributed by atoms with Gasteiger partial charge in [-0.1, -0.05) is 39.0 Å². The Bertz CT molecular complexity index is 753. The lowest BCUT2D eigenvalue weighted by atomic mass is 9.42. The number of ether oxygens (including phenoxy) is 1. The van der Waals surface area contributed by atoms with Gasteiger partial charge in [-0.3, -0.25) is 9.59 Å². The monoisotopic (exact) mass is 418 g/mol. The molecule has 2 saturated carbocycles. The van der Waals surface area contributed by atoms with E-state index in [-0.39, 0.29) is 29.6 Å². The summed E-state index contributed by atoms with van der Waals surface area (Å²) in [5.74, 6) is -1.05. The summed E-state index contributed by atoms with van der Waals surface area (Å²) in [5, 5.41) is 21.7. The van der Waals surface area contributed by atoms with Gasteiger partial charge in [0.05, 0.1) is 6.10 Å².